The molecule has 0 aliphatic rings. The molecular formula is C15H17N3O3. The van der Waals surface area contributed by atoms with Crippen LogP contribution in [0.2, 0.25) is 0 Å². The standard InChI is InChI=1S/C15H17N3O3/c1-9-4-10(8-17-7-9)18-15(19)11-5-13(20-2)14(21-3)6-12(11)16/h4-8H,16H2,1-3H3,(H,18,19). The van der Waals surface area contributed by atoms with Crippen LogP contribution in [-0.4, -0.2) is 25.1 Å². The SMILES string of the molecule is COc1cc(N)c(C(=O)Nc2cncc(C)c2)cc1OC. The third-order valence-electron chi connectivity index (χ3n) is 2.93. The summed E-state index contributed by atoms with van der Waals surface area (Å²) in [5.74, 6) is 0.587. The molecule has 0 radical (unpaired) electrons. The number of pyridine rings is 1. The molecule has 1 aromatic heterocycles. The van der Waals surface area contributed by atoms with Crippen LogP contribution in [0.4, 0.5) is 11.4 Å². The summed E-state index contributed by atoms with van der Waals surface area (Å²) in [6.07, 6.45) is 3.28. The number of aryl methyl sites for hydroxylation is 1. The van der Waals surface area contributed by atoms with Crippen LogP contribution >= 0.6 is 0 Å². The molecule has 0 saturated carbocycles. The van der Waals surface area contributed by atoms with E-state index in [0.29, 0.717) is 28.4 Å². The number of nitrogen functional groups attached to an aromatic ring is 1. The van der Waals surface area contributed by atoms with Crippen LogP contribution in [-0.2, 0) is 0 Å². The Morgan fingerprint density at radius 2 is 1.81 bits per heavy atom. The van der Waals surface area contributed by atoms with Crippen molar-refractivity contribution in [2.45, 2.75) is 6.92 Å². The van der Waals surface area contributed by atoms with E-state index in [9.17, 15) is 4.79 Å². The first kappa shape index (κ1) is 14.6. The fourth-order valence-electron chi connectivity index (χ4n) is 1.91. The summed E-state index contributed by atoms with van der Waals surface area (Å²) in [5, 5.41) is 2.75. The third kappa shape index (κ3) is 3.22. The second-order valence-electron chi connectivity index (χ2n) is 4.50. The van der Waals surface area contributed by atoms with E-state index in [-0.39, 0.29) is 5.91 Å². The fourth-order valence-corrected chi connectivity index (χ4v) is 1.91. The van der Waals surface area contributed by atoms with Crippen molar-refractivity contribution >= 4 is 17.3 Å². The highest BCUT2D eigenvalue weighted by atomic mass is 16.5. The number of methoxy groups -OCH3 is 2. The number of aromatic nitrogens is 1. The molecule has 1 heterocycles. The number of carbonyl (C=O) groups excluding carboxylic acids is 1. The van der Waals surface area contributed by atoms with Gasteiger partial charge in [0.05, 0.1) is 31.7 Å². The average molecular weight is 287 g/mol. The van der Waals surface area contributed by atoms with Gasteiger partial charge in [0.15, 0.2) is 11.5 Å². The van der Waals surface area contributed by atoms with E-state index >= 15 is 0 Å². The van der Waals surface area contributed by atoms with Crippen molar-refractivity contribution in [3.8, 4) is 11.5 Å². The lowest BCUT2D eigenvalue weighted by atomic mass is 10.1. The largest absolute Gasteiger partial charge is 0.493 e. The number of benzene rings is 1. The van der Waals surface area contributed by atoms with E-state index in [1.807, 2.05) is 13.0 Å². The quantitative estimate of drug-likeness (QED) is 0.842. The minimum absolute atomic E-state index is 0.311. The predicted octanol–water partition coefficient (Wildman–Crippen LogP) is 2.24. The zero-order chi connectivity index (χ0) is 15.4. The Morgan fingerprint density at radius 1 is 1.14 bits per heavy atom. The molecule has 6 nitrogen and oxygen atoms in total. The molecule has 3 N–H and O–H groups in total. The molecule has 2 rings (SSSR count). The van der Waals surface area contributed by atoms with Gasteiger partial charge in [-0.3, -0.25) is 9.78 Å². The van der Waals surface area contributed by atoms with Gasteiger partial charge in [0.2, 0.25) is 0 Å². The first-order chi connectivity index (χ1) is 10.0. The van der Waals surface area contributed by atoms with Gasteiger partial charge in [-0.25, -0.2) is 0 Å². The van der Waals surface area contributed by atoms with Gasteiger partial charge in [-0.2, -0.15) is 0 Å². The van der Waals surface area contributed by atoms with Crippen molar-refractivity contribution in [3.63, 3.8) is 0 Å². The number of hydrogen-bond donors (Lipinski definition) is 2. The maximum atomic E-state index is 12.3. The summed E-state index contributed by atoms with van der Waals surface area (Å²) < 4.78 is 10.3. The van der Waals surface area contributed by atoms with E-state index in [1.165, 1.54) is 14.2 Å². The summed E-state index contributed by atoms with van der Waals surface area (Å²) in [6.45, 7) is 1.90. The van der Waals surface area contributed by atoms with Gasteiger partial charge < -0.3 is 20.5 Å². The predicted molar refractivity (Wildman–Crippen MR) is 80.9 cm³/mol. The van der Waals surface area contributed by atoms with Crippen LogP contribution in [0.25, 0.3) is 0 Å². The summed E-state index contributed by atoms with van der Waals surface area (Å²) in [4.78, 5) is 16.3. The van der Waals surface area contributed by atoms with Crippen LogP contribution in [0.3, 0.4) is 0 Å². The second-order valence-corrected chi connectivity index (χ2v) is 4.50. The smallest absolute Gasteiger partial charge is 0.257 e. The van der Waals surface area contributed by atoms with Crippen LogP contribution < -0.4 is 20.5 Å². The van der Waals surface area contributed by atoms with Crippen molar-refractivity contribution in [1.82, 2.24) is 4.98 Å². The van der Waals surface area contributed by atoms with Gasteiger partial charge in [-0.05, 0) is 24.6 Å². The number of carbonyl (C=O) groups is 1. The lowest BCUT2D eigenvalue weighted by Gasteiger charge is -2.12. The number of nitrogens with two attached hydrogens (primary N) is 1. The summed E-state index contributed by atoms with van der Waals surface area (Å²) in [5.41, 5.74) is 8.08. The van der Waals surface area contributed by atoms with Gasteiger partial charge in [-0.15, -0.1) is 0 Å². The van der Waals surface area contributed by atoms with Gasteiger partial charge >= 0.3 is 0 Å². The Morgan fingerprint density at radius 3 is 2.43 bits per heavy atom. The molecule has 0 fully saturated rings. The Labute approximate surface area is 122 Å². The molecule has 2 aromatic rings. The summed E-state index contributed by atoms with van der Waals surface area (Å²) >= 11 is 0. The number of amides is 1. The van der Waals surface area contributed by atoms with Crippen molar-refractivity contribution in [2.24, 2.45) is 0 Å². The lowest BCUT2D eigenvalue weighted by molar-refractivity contribution is 0.102. The Kier molecular flexibility index (Phi) is 4.27. The Bertz CT molecular complexity index is 671. The first-order valence-electron chi connectivity index (χ1n) is 6.29. The fraction of sp³-hybridized carbons (Fsp3) is 0.200. The molecule has 0 bridgehead atoms. The maximum absolute atomic E-state index is 12.3. The Hall–Kier alpha value is -2.76. The number of nitrogens with zero attached hydrogens (tertiary/aromatic N) is 1. The van der Waals surface area contributed by atoms with E-state index in [1.54, 1.807) is 24.5 Å². The van der Waals surface area contributed by atoms with E-state index in [2.05, 4.69) is 10.3 Å². The zero-order valence-electron chi connectivity index (χ0n) is 12.1. The minimum atomic E-state index is -0.333. The summed E-state index contributed by atoms with van der Waals surface area (Å²) in [6, 6.07) is 4.93. The number of nitrogens with one attached hydrogen (secondary N) is 1. The zero-order valence-corrected chi connectivity index (χ0v) is 12.1. The van der Waals surface area contributed by atoms with E-state index in [4.69, 9.17) is 15.2 Å². The maximum Gasteiger partial charge on any atom is 0.257 e. The molecule has 21 heavy (non-hydrogen) atoms. The minimum Gasteiger partial charge on any atom is -0.493 e. The highest BCUT2D eigenvalue weighted by molar-refractivity contribution is 6.08. The monoisotopic (exact) mass is 287 g/mol. The first-order valence-corrected chi connectivity index (χ1v) is 6.29. The van der Waals surface area contributed by atoms with E-state index < -0.39 is 0 Å². The number of anilines is 2. The van der Waals surface area contributed by atoms with Crippen molar-refractivity contribution in [2.75, 3.05) is 25.3 Å². The van der Waals surface area contributed by atoms with E-state index in [0.717, 1.165) is 5.56 Å². The summed E-state index contributed by atoms with van der Waals surface area (Å²) in [7, 11) is 3.01. The van der Waals surface area contributed by atoms with Crippen molar-refractivity contribution in [1.29, 1.82) is 0 Å². The molecule has 0 atom stereocenters. The molecule has 1 amide bonds. The molecule has 0 aliphatic heterocycles. The Balaban J connectivity index is 2.31. The molecule has 0 saturated heterocycles. The molecule has 0 aliphatic carbocycles. The molecule has 0 spiro atoms. The number of ether oxygens (including phenoxy) is 2. The van der Waals surface area contributed by atoms with Crippen LogP contribution in [0, 0.1) is 6.92 Å². The normalized spacial score (nSPS) is 10.0. The third-order valence-corrected chi connectivity index (χ3v) is 2.93. The molecule has 1 aromatic carbocycles. The second kappa shape index (κ2) is 6.13. The van der Waals surface area contributed by atoms with Gasteiger partial charge in [0.1, 0.15) is 0 Å². The van der Waals surface area contributed by atoms with Crippen LogP contribution in [0.1, 0.15) is 15.9 Å². The van der Waals surface area contributed by atoms with Gasteiger partial charge in [0, 0.05) is 18.0 Å². The molecule has 6 heteroatoms. The topological polar surface area (TPSA) is 86.5 Å². The number of rotatable bonds is 4. The molecular weight excluding hydrogens is 270 g/mol. The highest BCUT2D eigenvalue weighted by Gasteiger charge is 2.15. The van der Waals surface area contributed by atoms with Gasteiger partial charge in [0.25, 0.3) is 5.91 Å². The highest BCUT2D eigenvalue weighted by Crippen LogP contribution is 2.32. The number of hydrogen-bond acceptors (Lipinski definition) is 5. The average Bonchev–Trinajstić information content (AvgIpc) is 2.46. The molecule has 0 unspecified atom stereocenters. The van der Waals surface area contributed by atoms with Gasteiger partial charge in [-0.1, -0.05) is 0 Å². The van der Waals surface area contributed by atoms with Crippen LogP contribution in [0.5, 0.6) is 11.5 Å². The van der Waals surface area contributed by atoms with Crippen LogP contribution in [0.15, 0.2) is 30.6 Å². The lowest BCUT2D eigenvalue weighted by Crippen LogP contribution is -2.14. The van der Waals surface area contributed by atoms with Crippen molar-refractivity contribution in [3.05, 3.63) is 41.7 Å². The molecule has 110 valence electrons. The van der Waals surface area contributed by atoms with Crippen molar-refractivity contribution < 1.29 is 14.3 Å².